The Morgan fingerprint density at radius 3 is 1.72 bits per heavy atom. The normalized spacial score (nSPS) is 23.2. The molecule has 160 valence electrons. The van der Waals surface area contributed by atoms with Crippen LogP contribution < -0.4 is 0 Å². The fourth-order valence-corrected chi connectivity index (χ4v) is 6.80. The summed E-state index contributed by atoms with van der Waals surface area (Å²) >= 11 is 0. The monoisotopic (exact) mass is 392 g/mol. The van der Waals surface area contributed by atoms with Crippen molar-refractivity contribution < 1.29 is 0 Å². The highest BCUT2D eigenvalue weighted by molar-refractivity contribution is 5.49. The van der Waals surface area contributed by atoms with E-state index in [-0.39, 0.29) is 0 Å². The highest BCUT2D eigenvalue weighted by atomic mass is 14.4. The highest BCUT2D eigenvalue weighted by Crippen LogP contribution is 2.42. The molecule has 3 aliphatic carbocycles. The summed E-state index contributed by atoms with van der Waals surface area (Å²) < 4.78 is 0. The summed E-state index contributed by atoms with van der Waals surface area (Å²) in [5.41, 5.74) is 2.98. The van der Waals surface area contributed by atoms with Crippen molar-refractivity contribution >= 4 is 6.08 Å². The van der Waals surface area contributed by atoms with Crippen LogP contribution in [0.2, 0.25) is 0 Å². The van der Waals surface area contributed by atoms with E-state index in [4.69, 9.17) is 0 Å². The Morgan fingerprint density at radius 2 is 1.17 bits per heavy atom. The molecule has 1 aromatic rings. The molecule has 3 saturated carbocycles. The first kappa shape index (κ1) is 21.2. The quantitative estimate of drug-likeness (QED) is 0.433. The molecule has 0 saturated heterocycles. The second kappa shape index (κ2) is 11.4. The summed E-state index contributed by atoms with van der Waals surface area (Å²) in [6.07, 6.45) is 29.7. The smallest absolute Gasteiger partial charge is 0.0162 e. The Bertz CT molecular complexity index is 573. The molecule has 0 unspecified atom stereocenters. The largest absolute Gasteiger partial charge is 0.0839 e. The van der Waals surface area contributed by atoms with E-state index < -0.39 is 0 Å². The van der Waals surface area contributed by atoms with Gasteiger partial charge >= 0.3 is 0 Å². The fraction of sp³-hybridized carbons (Fsp3) is 0.724. The van der Waals surface area contributed by atoms with Crippen molar-refractivity contribution in [3.63, 3.8) is 0 Å². The van der Waals surface area contributed by atoms with Crippen LogP contribution in [0, 0.1) is 17.8 Å². The third-order valence-corrected chi connectivity index (χ3v) is 8.50. The number of allylic oxidation sites excluding steroid dienone is 1. The first-order valence-corrected chi connectivity index (χ1v) is 13.2. The molecule has 0 amide bonds. The number of rotatable bonds is 7. The minimum Gasteiger partial charge on any atom is -0.0839 e. The van der Waals surface area contributed by atoms with E-state index in [9.17, 15) is 0 Å². The predicted octanol–water partition coefficient (Wildman–Crippen LogP) is 9.30. The summed E-state index contributed by atoms with van der Waals surface area (Å²) in [6.45, 7) is 0. The lowest BCUT2D eigenvalue weighted by atomic mass is 9.68. The lowest BCUT2D eigenvalue weighted by Gasteiger charge is -2.38. The predicted molar refractivity (Wildman–Crippen MR) is 127 cm³/mol. The zero-order valence-electron chi connectivity index (χ0n) is 18.8. The van der Waals surface area contributed by atoms with E-state index in [0.717, 1.165) is 23.7 Å². The van der Waals surface area contributed by atoms with E-state index in [0.29, 0.717) is 0 Å². The second-order valence-corrected chi connectivity index (χ2v) is 10.4. The zero-order chi connectivity index (χ0) is 19.7. The van der Waals surface area contributed by atoms with Gasteiger partial charge in [0.25, 0.3) is 0 Å². The summed E-state index contributed by atoms with van der Waals surface area (Å²) in [7, 11) is 0. The van der Waals surface area contributed by atoms with Gasteiger partial charge in [0.2, 0.25) is 0 Å². The number of hydrogen-bond donors (Lipinski definition) is 0. The average Bonchev–Trinajstić information content (AvgIpc) is 2.81. The van der Waals surface area contributed by atoms with Crippen molar-refractivity contribution in [3.8, 4) is 0 Å². The van der Waals surface area contributed by atoms with E-state index >= 15 is 0 Å². The van der Waals surface area contributed by atoms with Crippen LogP contribution in [-0.2, 0) is 0 Å². The third kappa shape index (κ3) is 6.22. The van der Waals surface area contributed by atoms with Crippen molar-refractivity contribution in [1.29, 1.82) is 0 Å². The van der Waals surface area contributed by atoms with Gasteiger partial charge in [0.05, 0.1) is 0 Å². The molecule has 3 fully saturated rings. The molecule has 0 atom stereocenters. The highest BCUT2D eigenvalue weighted by Gasteiger charge is 2.30. The second-order valence-electron chi connectivity index (χ2n) is 10.4. The van der Waals surface area contributed by atoms with Gasteiger partial charge in [0, 0.05) is 0 Å². The van der Waals surface area contributed by atoms with Crippen molar-refractivity contribution in [1.82, 2.24) is 0 Å². The minimum atomic E-state index is 0.827. The Hall–Kier alpha value is -1.04. The fourth-order valence-electron chi connectivity index (χ4n) is 6.80. The van der Waals surface area contributed by atoms with Gasteiger partial charge in [-0.05, 0) is 60.5 Å². The van der Waals surface area contributed by atoms with E-state index in [2.05, 4.69) is 36.4 Å². The Balaban J connectivity index is 1.29. The van der Waals surface area contributed by atoms with Crippen LogP contribution in [0.15, 0.2) is 30.3 Å². The molecule has 0 aliphatic heterocycles. The summed E-state index contributed by atoms with van der Waals surface area (Å²) in [6, 6.07) is 9.53. The van der Waals surface area contributed by atoms with Crippen LogP contribution in [0.4, 0.5) is 0 Å². The van der Waals surface area contributed by atoms with Crippen molar-refractivity contribution in [2.75, 3.05) is 0 Å². The van der Waals surface area contributed by atoms with Gasteiger partial charge in [-0.25, -0.2) is 0 Å². The Labute approximate surface area is 180 Å². The van der Waals surface area contributed by atoms with Crippen LogP contribution in [0.3, 0.4) is 0 Å². The molecule has 0 bridgehead atoms. The van der Waals surface area contributed by atoms with Crippen LogP contribution in [0.1, 0.15) is 126 Å². The summed E-state index contributed by atoms with van der Waals surface area (Å²) in [4.78, 5) is 0. The standard InChI is InChI=1S/C29H44/c1-4-13-25(14-5-1)26-22-20-24(21-23-26)12-10-11-19-29(27-15-6-2-7-16-27)28-17-8-3-9-18-28/h10,12,20-23,25,27-29H,1-9,11,13-19H2/b12-10+. The lowest BCUT2D eigenvalue weighted by molar-refractivity contribution is 0.135. The van der Waals surface area contributed by atoms with Crippen molar-refractivity contribution in [2.45, 2.75) is 115 Å². The molecule has 0 N–H and O–H groups in total. The first-order valence-electron chi connectivity index (χ1n) is 13.2. The molecule has 0 nitrogen and oxygen atoms in total. The average molecular weight is 393 g/mol. The zero-order valence-corrected chi connectivity index (χ0v) is 18.8. The molecule has 0 heterocycles. The molecular weight excluding hydrogens is 348 g/mol. The SMILES string of the molecule is C(=C\c1ccc(C2CCCCC2)cc1)/CCC(C1CCCCC1)C1CCCCC1. The van der Waals surface area contributed by atoms with Gasteiger partial charge in [-0.3, -0.25) is 0 Å². The van der Waals surface area contributed by atoms with E-state index in [1.807, 2.05) is 0 Å². The molecule has 0 radical (unpaired) electrons. The molecule has 0 heteroatoms. The molecule has 3 aliphatic rings. The molecule has 0 spiro atoms. The van der Waals surface area contributed by atoms with Crippen molar-refractivity contribution in [2.24, 2.45) is 17.8 Å². The Kier molecular flexibility index (Phi) is 8.32. The molecular formula is C29H44. The molecule has 0 aromatic heterocycles. The van der Waals surface area contributed by atoms with Crippen LogP contribution in [-0.4, -0.2) is 0 Å². The summed E-state index contributed by atoms with van der Waals surface area (Å²) in [5, 5.41) is 0. The number of hydrogen-bond acceptors (Lipinski definition) is 0. The Morgan fingerprint density at radius 1 is 0.655 bits per heavy atom. The van der Waals surface area contributed by atoms with Crippen LogP contribution >= 0.6 is 0 Å². The van der Waals surface area contributed by atoms with Gasteiger partial charge in [-0.1, -0.05) is 120 Å². The maximum Gasteiger partial charge on any atom is -0.0162 e. The topological polar surface area (TPSA) is 0 Å². The minimum absolute atomic E-state index is 0.827. The first-order chi connectivity index (χ1) is 14.4. The van der Waals surface area contributed by atoms with Gasteiger partial charge in [-0.2, -0.15) is 0 Å². The van der Waals surface area contributed by atoms with Crippen LogP contribution in [0.5, 0.6) is 0 Å². The molecule has 4 rings (SSSR count). The summed E-state index contributed by atoms with van der Waals surface area (Å²) in [5.74, 6) is 3.91. The lowest BCUT2D eigenvalue weighted by Crippen LogP contribution is -2.27. The van der Waals surface area contributed by atoms with Gasteiger partial charge in [-0.15, -0.1) is 0 Å². The maximum atomic E-state index is 2.48. The molecule has 1 aromatic carbocycles. The van der Waals surface area contributed by atoms with Crippen LogP contribution in [0.25, 0.3) is 6.08 Å². The van der Waals surface area contributed by atoms with Gasteiger partial charge < -0.3 is 0 Å². The maximum absolute atomic E-state index is 2.48. The van der Waals surface area contributed by atoms with Crippen molar-refractivity contribution in [3.05, 3.63) is 41.5 Å². The van der Waals surface area contributed by atoms with E-state index in [1.54, 1.807) is 5.56 Å². The third-order valence-electron chi connectivity index (χ3n) is 8.50. The number of benzene rings is 1. The van der Waals surface area contributed by atoms with E-state index in [1.165, 1.54) is 115 Å². The van der Waals surface area contributed by atoms with Gasteiger partial charge in [0.15, 0.2) is 0 Å². The molecule has 29 heavy (non-hydrogen) atoms. The van der Waals surface area contributed by atoms with Gasteiger partial charge in [0.1, 0.15) is 0 Å².